The Hall–Kier alpha value is -1.95. The second-order valence-corrected chi connectivity index (χ2v) is 2.37. The van der Waals surface area contributed by atoms with Crippen LogP contribution in [0.25, 0.3) is 11.0 Å². The molecule has 0 unspecified atom stereocenters. The van der Waals surface area contributed by atoms with Crippen molar-refractivity contribution in [2.75, 3.05) is 0 Å². The van der Waals surface area contributed by atoms with Crippen molar-refractivity contribution in [1.82, 2.24) is 9.97 Å². The maximum absolute atomic E-state index is 8.60. The molecule has 0 aliphatic rings. The topological polar surface area (TPSA) is 49.6 Å². The molecule has 1 aromatic heterocycles. The molecule has 0 amide bonds. The number of nitriles is 1. The minimum atomic E-state index is 0. The molecule has 0 saturated heterocycles. The van der Waals surface area contributed by atoms with Crippen LogP contribution in [0.15, 0.2) is 30.6 Å². The van der Waals surface area contributed by atoms with E-state index in [1.165, 1.54) is 0 Å². The van der Waals surface area contributed by atoms with Crippen LogP contribution in [-0.2, 0) is 0 Å². The van der Waals surface area contributed by atoms with Gasteiger partial charge in [0.05, 0.1) is 22.7 Å². The molecule has 0 saturated carbocycles. The van der Waals surface area contributed by atoms with Gasteiger partial charge in [0.2, 0.25) is 0 Å². The van der Waals surface area contributed by atoms with E-state index < -0.39 is 0 Å². The zero-order valence-corrected chi connectivity index (χ0v) is 6.23. The maximum atomic E-state index is 8.60. The van der Waals surface area contributed by atoms with Gasteiger partial charge in [-0.3, -0.25) is 9.97 Å². The summed E-state index contributed by atoms with van der Waals surface area (Å²) in [6.07, 6.45) is 3.25. The van der Waals surface area contributed by atoms with Gasteiger partial charge in [0, 0.05) is 12.4 Å². The molecule has 0 bridgehead atoms. The van der Waals surface area contributed by atoms with Crippen molar-refractivity contribution in [1.29, 1.82) is 5.26 Å². The number of hydrogen-bond acceptors (Lipinski definition) is 3. The summed E-state index contributed by atoms with van der Waals surface area (Å²) in [7, 11) is 0. The molecule has 64 valence electrons. The summed E-state index contributed by atoms with van der Waals surface area (Å²) < 4.78 is 0. The molecule has 0 atom stereocenters. The highest BCUT2D eigenvalue weighted by Gasteiger charge is 1.95. The first-order valence-electron chi connectivity index (χ1n) is 3.51. The minimum Gasteiger partial charge on any atom is -0.253 e. The largest absolute Gasteiger partial charge is 0.253 e. The van der Waals surface area contributed by atoms with Crippen molar-refractivity contribution < 1.29 is 0 Å². The molecule has 3 nitrogen and oxygen atoms in total. The van der Waals surface area contributed by atoms with E-state index in [2.05, 4.69) is 16.0 Å². The third-order valence-corrected chi connectivity index (χ3v) is 1.60. The lowest BCUT2D eigenvalue weighted by Crippen LogP contribution is -1.82. The quantitative estimate of drug-likeness (QED) is 0.610. The van der Waals surface area contributed by atoms with Crippen LogP contribution in [0.4, 0.5) is 0 Å². The number of rotatable bonds is 0. The van der Waals surface area contributed by atoms with Gasteiger partial charge in [0.25, 0.3) is 0 Å². The molecule has 1 heterocycles. The number of hydrogen-bond donors (Lipinski definition) is 0. The number of fused-ring (bicyclic) bond motifs is 1. The predicted molar refractivity (Wildman–Crippen MR) is 51.0 cm³/mol. The van der Waals surface area contributed by atoms with Crippen LogP contribution in [0, 0.1) is 11.3 Å². The first-order valence-corrected chi connectivity index (χ1v) is 3.51. The Morgan fingerprint density at radius 3 is 2.46 bits per heavy atom. The number of aromatic nitrogens is 2. The summed E-state index contributed by atoms with van der Waals surface area (Å²) in [5.74, 6) is 0. The number of benzene rings is 1. The van der Waals surface area contributed by atoms with Gasteiger partial charge in [-0.25, -0.2) is 0 Å². The van der Waals surface area contributed by atoms with Crippen molar-refractivity contribution in [3.63, 3.8) is 0 Å². The molecule has 3 heteroatoms. The Labute approximate surface area is 76.7 Å². The molecular formula is C10H9N3. The second-order valence-electron chi connectivity index (χ2n) is 2.37. The van der Waals surface area contributed by atoms with E-state index in [-0.39, 0.29) is 7.43 Å². The first-order chi connectivity index (χ1) is 5.90. The van der Waals surface area contributed by atoms with Gasteiger partial charge in [-0.2, -0.15) is 5.26 Å². The summed E-state index contributed by atoms with van der Waals surface area (Å²) in [6.45, 7) is 0. The highest BCUT2D eigenvalue weighted by Crippen LogP contribution is 2.09. The van der Waals surface area contributed by atoms with E-state index in [1.807, 2.05) is 0 Å². The summed E-state index contributed by atoms with van der Waals surface area (Å²) in [5.41, 5.74) is 2.19. The van der Waals surface area contributed by atoms with Crippen molar-refractivity contribution in [3.8, 4) is 6.07 Å². The third kappa shape index (κ3) is 1.62. The fourth-order valence-electron chi connectivity index (χ4n) is 1.03. The summed E-state index contributed by atoms with van der Waals surface area (Å²) in [5, 5.41) is 8.60. The third-order valence-electron chi connectivity index (χ3n) is 1.60. The average molecular weight is 171 g/mol. The van der Waals surface area contributed by atoms with Gasteiger partial charge in [0.1, 0.15) is 0 Å². The Morgan fingerprint density at radius 1 is 1.08 bits per heavy atom. The van der Waals surface area contributed by atoms with Crippen LogP contribution in [0.5, 0.6) is 0 Å². The summed E-state index contributed by atoms with van der Waals surface area (Å²) >= 11 is 0. The zero-order chi connectivity index (χ0) is 8.39. The molecule has 0 spiro atoms. The van der Waals surface area contributed by atoms with Gasteiger partial charge in [-0.05, 0) is 18.2 Å². The van der Waals surface area contributed by atoms with E-state index in [1.54, 1.807) is 30.6 Å². The lowest BCUT2D eigenvalue weighted by molar-refractivity contribution is 1.29. The van der Waals surface area contributed by atoms with E-state index in [0.29, 0.717) is 5.56 Å². The summed E-state index contributed by atoms with van der Waals surface area (Å²) in [6, 6.07) is 7.30. The lowest BCUT2D eigenvalue weighted by atomic mass is 10.2. The van der Waals surface area contributed by atoms with E-state index >= 15 is 0 Å². The Kier molecular flexibility index (Phi) is 2.56. The van der Waals surface area contributed by atoms with Crippen molar-refractivity contribution in [2.45, 2.75) is 7.43 Å². The molecule has 0 radical (unpaired) electrons. The van der Waals surface area contributed by atoms with Gasteiger partial charge < -0.3 is 0 Å². The zero-order valence-electron chi connectivity index (χ0n) is 6.23. The van der Waals surface area contributed by atoms with Crippen LogP contribution < -0.4 is 0 Å². The van der Waals surface area contributed by atoms with Gasteiger partial charge in [-0.1, -0.05) is 7.43 Å². The van der Waals surface area contributed by atoms with E-state index in [9.17, 15) is 0 Å². The Bertz CT molecular complexity index is 457. The highest BCUT2D eigenvalue weighted by molar-refractivity contribution is 5.75. The minimum absolute atomic E-state index is 0. The van der Waals surface area contributed by atoms with Crippen molar-refractivity contribution >= 4 is 11.0 Å². The van der Waals surface area contributed by atoms with Crippen LogP contribution >= 0.6 is 0 Å². The molecule has 0 aliphatic carbocycles. The second kappa shape index (κ2) is 3.63. The van der Waals surface area contributed by atoms with Crippen molar-refractivity contribution in [2.24, 2.45) is 0 Å². The predicted octanol–water partition coefficient (Wildman–Crippen LogP) is 2.14. The van der Waals surface area contributed by atoms with Crippen LogP contribution in [0.2, 0.25) is 0 Å². The van der Waals surface area contributed by atoms with Crippen LogP contribution in [0.3, 0.4) is 0 Å². The van der Waals surface area contributed by atoms with Gasteiger partial charge in [0.15, 0.2) is 0 Å². The SMILES string of the molecule is C.N#Cc1ccc2nccnc2c1. The fourth-order valence-corrected chi connectivity index (χ4v) is 1.03. The van der Waals surface area contributed by atoms with Gasteiger partial charge in [-0.15, -0.1) is 0 Å². The molecule has 0 N–H and O–H groups in total. The molecule has 0 aliphatic heterocycles. The molecule has 2 aromatic rings. The first kappa shape index (κ1) is 9.14. The monoisotopic (exact) mass is 171 g/mol. The smallest absolute Gasteiger partial charge is 0.0992 e. The summed E-state index contributed by atoms with van der Waals surface area (Å²) in [4.78, 5) is 8.16. The molecule has 2 rings (SSSR count). The number of nitrogens with zero attached hydrogens (tertiary/aromatic N) is 3. The molecule has 13 heavy (non-hydrogen) atoms. The highest BCUT2D eigenvalue weighted by atomic mass is 14.8. The molecular weight excluding hydrogens is 162 g/mol. The maximum Gasteiger partial charge on any atom is 0.0992 e. The normalized spacial score (nSPS) is 8.85. The van der Waals surface area contributed by atoms with E-state index in [0.717, 1.165) is 11.0 Å². The molecule has 1 aromatic carbocycles. The standard InChI is InChI=1S/C9H5N3.CH4/c10-6-7-1-2-8-9(5-7)12-4-3-11-8;/h1-5H;1H4. The Morgan fingerprint density at radius 2 is 1.77 bits per heavy atom. The van der Waals surface area contributed by atoms with Gasteiger partial charge >= 0.3 is 0 Å². The average Bonchev–Trinajstić information content (AvgIpc) is 2.17. The lowest BCUT2D eigenvalue weighted by Gasteiger charge is -1.93. The Balaban J connectivity index is 0.000000845. The van der Waals surface area contributed by atoms with Crippen LogP contribution in [0.1, 0.15) is 13.0 Å². The van der Waals surface area contributed by atoms with Crippen molar-refractivity contribution in [3.05, 3.63) is 36.2 Å². The van der Waals surface area contributed by atoms with E-state index in [4.69, 9.17) is 5.26 Å². The fraction of sp³-hybridized carbons (Fsp3) is 0.100. The molecule has 0 fully saturated rings. The van der Waals surface area contributed by atoms with Crippen LogP contribution in [-0.4, -0.2) is 9.97 Å².